The molecule has 0 radical (unpaired) electrons. The van der Waals surface area contributed by atoms with Gasteiger partial charge in [0.2, 0.25) is 5.91 Å². The van der Waals surface area contributed by atoms with Crippen molar-refractivity contribution >= 4 is 34.4 Å². The first kappa shape index (κ1) is 15.4. The Labute approximate surface area is 127 Å². The second kappa shape index (κ2) is 6.62. The van der Waals surface area contributed by atoms with Crippen LogP contribution in [-0.2, 0) is 9.59 Å². The lowest BCUT2D eigenvalue weighted by Crippen LogP contribution is -2.22. The molecule has 1 N–H and O–H groups in total. The minimum absolute atomic E-state index is 0.0857. The number of ether oxygens (including phenoxy) is 1. The van der Waals surface area contributed by atoms with Crippen molar-refractivity contribution < 1.29 is 14.3 Å². The summed E-state index contributed by atoms with van der Waals surface area (Å²) in [7, 11) is 5.17. The SMILES string of the molecule is COc1ccccc1NC(=O)CC1SC(N(C)C)=NC1=O. The van der Waals surface area contributed by atoms with Crippen LogP contribution in [0.5, 0.6) is 5.75 Å². The van der Waals surface area contributed by atoms with Crippen LogP contribution in [0.3, 0.4) is 0 Å². The van der Waals surface area contributed by atoms with Crippen molar-refractivity contribution in [3.8, 4) is 5.75 Å². The summed E-state index contributed by atoms with van der Waals surface area (Å²) in [5, 5.41) is 2.93. The number of nitrogens with zero attached hydrogens (tertiary/aromatic N) is 2. The van der Waals surface area contributed by atoms with E-state index in [1.54, 1.807) is 30.2 Å². The standard InChI is InChI=1S/C14H17N3O3S/c1-17(2)14-16-13(19)11(21-14)8-12(18)15-9-6-4-5-7-10(9)20-3/h4-7,11H,8H2,1-3H3,(H,15,18). The normalized spacial score (nSPS) is 17.4. The van der Waals surface area contributed by atoms with Crippen LogP contribution in [0.2, 0.25) is 0 Å². The lowest BCUT2D eigenvalue weighted by Gasteiger charge is -2.13. The van der Waals surface area contributed by atoms with E-state index in [9.17, 15) is 9.59 Å². The fraction of sp³-hybridized carbons (Fsp3) is 0.357. The molecule has 1 heterocycles. The molecule has 0 saturated carbocycles. The van der Waals surface area contributed by atoms with Crippen LogP contribution in [0.15, 0.2) is 29.3 Å². The number of thioether (sulfide) groups is 1. The molecule has 1 atom stereocenters. The molecule has 1 aromatic carbocycles. The molecule has 0 fully saturated rings. The van der Waals surface area contributed by atoms with Gasteiger partial charge in [0.25, 0.3) is 5.91 Å². The number of nitrogens with one attached hydrogen (secondary N) is 1. The number of carbonyl (C=O) groups excluding carboxylic acids is 2. The smallest absolute Gasteiger partial charge is 0.262 e. The Morgan fingerprint density at radius 1 is 1.43 bits per heavy atom. The highest BCUT2D eigenvalue weighted by Crippen LogP contribution is 2.28. The predicted molar refractivity (Wildman–Crippen MR) is 83.7 cm³/mol. The number of methoxy groups -OCH3 is 1. The van der Waals surface area contributed by atoms with Gasteiger partial charge in [0.05, 0.1) is 12.8 Å². The van der Waals surface area contributed by atoms with Crippen molar-refractivity contribution in [2.45, 2.75) is 11.7 Å². The van der Waals surface area contributed by atoms with Crippen molar-refractivity contribution in [1.82, 2.24) is 4.90 Å². The van der Waals surface area contributed by atoms with Crippen LogP contribution in [0.25, 0.3) is 0 Å². The van der Waals surface area contributed by atoms with Gasteiger partial charge in [0, 0.05) is 20.5 Å². The topological polar surface area (TPSA) is 71.0 Å². The van der Waals surface area contributed by atoms with Gasteiger partial charge >= 0.3 is 0 Å². The predicted octanol–water partition coefficient (Wildman–Crippen LogP) is 1.58. The number of benzene rings is 1. The van der Waals surface area contributed by atoms with E-state index < -0.39 is 5.25 Å². The van der Waals surface area contributed by atoms with E-state index in [2.05, 4.69) is 10.3 Å². The summed E-state index contributed by atoms with van der Waals surface area (Å²) >= 11 is 1.31. The molecule has 2 amide bonds. The second-order valence-corrected chi connectivity index (χ2v) is 5.86. The summed E-state index contributed by atoms with van der Waals surface area (Å²) in [5.41, 5.74) is 0.592. The first-order chi connectivity index (χ1) is 10.0. The van der Waals surface area contributed by atoms with Gasteiger partial charge in [0.1, 0.15) is 11.0 Å². The van der Waals surface area contributed by atoms with E-state index in [1.165, 1.54) is 11.8 Å². The summed E-state index contributed by atoms with van der Waals surface area (Å²) in [5.74, 6) is 0.0842. The fourth-order valence-electron chi connectivity index (χ4n) is 1.82. The molecule has 1 aliphatic rings. The van der Waals surface area contributed by atoms with Gasteiger partial charge in [0.15, 0.2) is 5.17 Å². The number of rotatable bonds is 4. The van der Waals surface area contributed by atoms with E-state index in [0.717, 1.165) is 0 Å². The third kappa shape index (κ3) is 3.75. The largest absolute Gasteiger partial charge is 0.495 e. The molecule has 2 rings (SSSR count). The summed E-state index contributed by atoms with van der Waals surface area (Å²) in [4.78, 5) is 29.5. The van der Waals surface area contributed by atoms with Crippen LogP contribution >= 0.6 is 11.8 Å². The molecule has 6 nitrogen and oxygen atoms in total. The molecule has 1 aliphatic heterocycles. The molecule has 112 valence electrons. The number of amidine groups is 1. The van der Waals surface area contributed by atoms with Gasteiger partial charge in [-0.2, -0.15) is 4.99 Å². The van der Waals surface area contributed by atoms with E-state index in [1.807, 2.05) is 20.2 Å². The van der Waals surface area contributed by atoms with Gasteiger partial charge < -0.3 is 15.0 Å². The van der Waals surface area contributed by atoms with Gasteiger partial charge in [-0.1, -0.05) is 23.9 Å². The van der Waals surface area contributed by atoms with Gasteiger partial charge in [-0.3, -0.25) is 9.59 Å². The number of amides is 2. The third-order valence-corrected chi connectivity index (χ3v) is 4.18. The zero-order valence-corrected chi connectivity index (χ0v) is 12.9. The first-order valence-electron chi connectivity index (χ1n) is 6.40. The molecule has 7 heteroatoms. The minimum Gasteiger partial charge on any atom is -0.495 e. The van der Waals surface area contributed by atoms with Crippen molar-refractivity contribution in [3.63, 3.8) is 0 Å². The third-order valence-electron chi connectivity index (χ3n) is 2.86. The highest BCUT2D eigenvalue weighted by Gasteiger charge is 2.31. The van der Waals surface area contributed by atoms with Crippen LogP contribution in [0.4, 0.5) is 5.69 Å². The zero-order chi connectivity index (χ0) is 15.4. The van der Waals surface area contributed by atoms with E-state index in [4.69, 9.17) is 4.74 Å². The van der Waals surface area contributed by atoms with E-state index in [-0.39, 0.29) is 18.2 Å². The van der Waals surface area contributed by atoms with Crippen molar-refractivity contribution in [2.75, 3.05) is 26.5 Å². The molecule has 0 aliphatic carbocycles. The number of aliphatic imine (C=N–C) groups is 1. The Kier molecular flexibility index (Phi) is 4.85. The summed E-state index contributed by atoms with van der Waals surface area (Å²) in [6, 6.07) is 7.14. The Morgan fingerprint density at radius 2 is 2.14 bits per heavy atom. The molecule has 21 heavy (non-hydrogen) atoms. The number of hydrogen-bond acceptors (Lipinski definition) is 5. The van der Waals surface area contributed by atoms with E-state index >= 15 is 0 Å². The Bertz CT molecular complexity index is 587. The lowest BCUT2D eigenvalue weighted by atomic mass is 10.2. The number of para-hydroxylation sites is 2. The maximum Gasteiger partial charge on any atom is 0.262 e. The van der Waals surface area contributed by atoms with E-state index in [0.29, 0.717) is 16.6 Å². The monoisotopic (exact) mass is 307 g/mol. The highest BCUT2D eigenvalue weighted by molar-refractivity contribution is 8.15. The maximum atomic E-state index is 12.1. The second-order valence-electron chi connectivity index (χ2n) is 4.69. The average molecular weight is 307 g/mol. The van der Waals surface area contributed by atoms with Crippen LogP contribution in [-0.4, -0.2) is 48.3 Å². The Morgan fingerprint density at radius 3 is 2.76 bits per heavy atom. The van der Waals surface area contributed by atoms with Crippen LogP contribution in [0.1, 0.15) is 6.42 Å². The molecular weight excluding hydrogens is 290 g/mol. The average Bonchev–Trinajstić information content (AvgIpc) is 2.81. The molecule has 0 saturated heterocycles. The molecule has 0 spiro atoms. The van der Waals surface area contributed by atoms with Crippen LogP contribution < -0.4 is 10.1 Å². The Hall–Kier alpha value is -2.02. The summed E-state index contributed by atoms with van der Waals surface area (Å²) in [6.07, 6.45) is 0.0857. The first-order valence-corrected chi connectivity index (χ1v) is 7.28. The lowest BCUT2D eigenvalue weighted by molar-refractivity contribution is -0.121. The molecule has 1 aromatic rings. The molecule has 0 aromatic heterocycles. The van der Waals surface area contributed by atoms with Crippen molar-refractivity contribution in [3.05, 3.63) is 24.3 Å². The molecule has 1 unspecified atom stereocenters. The van der Waals surface area contributed by atoms with Gasteiger partial charge in [-0.15, -0.1) is 0 Å². The number of hydrogen-bond donors (Lipinski definition) is 1. The quantitative estimate of drug-likeness (QED) is 0.914. The summed E-state index contributed by atoms with van der Waals surface area (Å²) in [6.45, 7) is 0. The highest BCUT2D eigenvalue weighted by atomic mass is 32.2. The Balaban J connectivity index is 1.96. The van der Waals surface area contributed by atoms with Crippen molar-refractivity contribution in [1.29, 1.82) is 0 Å². The summed E-state index contributed by atoms with van der Waals surface area (Å²) < 4.78 is 5.17. The number of carbonyl (C=O) groups is 2. The zero-order valence-electron chi connectivity index (χ0n) is 12.1. The fourth-order valence-corrected chi connectivity index (χ4v) is 2.82. The molecule has 0 bridgehead atoms. The molecular formula is C14H17N3O3S. The minimum atomic E-state index is -0.461. The van der Waals surface area contributed by atoms with Gasteiger partial charge in [-0.25, -0.2) is 0 Å². The van der Waals surface area contributed by atoms with Crippen molar-refractivity contribution in [2.24, 2.45) is 4.99 Å². The van der Waals surface area contributed by atoms with Crippen LogP contribution in [0, 0.1) is 0 Å². The maximum absolute atomic E-state index is 12.1. The van der Waals surface area contributed by atoms with Gasteiger partial charge in [-0.05, 0) is 12.1 Å². The number of anilines is 1.